The van der Waals surface area contributed by atoms with Crippen LogP contribution in [0.15, 0.2) is 30.3 Å². The summed E-state index contributed by atoms with van der Waals surface area (Å²) in [6.45, 7) is 8.12. The normalized spacial score (nSPS) is 15.2. The first-order valence-corrected chi connectivity index (χ1v) is 7.07. The molecule has 0 heterocycles. The highest BCUT2D eigenvalue weighted by atomic mass is 16.3. The number of aliphatic hydroxyl groups excluding tert-OH is 1. The van der Waals surface area contributed by atoms with E-state index in [1.54, 1.807) is 0 Å². The van der Waals surface area contributed by atoms with Crippen molar-refractivity contribution in [3.05, 3.63) is 35.9 Å². The Balaban J connectivity index is 2.24. The minimum atomic E-state index is -0.500. The van der Waals surface area contributed by atoms with E-state index in [1.807, 2.05) is 30.3 Å². The maximum Gasteiger partial charge on any atom is 0.0818 e. The average molecular weight is 264 g/mol. The molecule has 3 heteroatoms. The number of benzene rings is 1. The number of hydrogen-bond donors (Lipinski definition) is 3. The zero-order chi connectivity index (χ0) is 14.3. The molecule has 1 aromatic rings. The molecule has 1 unspecified atom stereocenters. The van der Waals surface area contributed by atoms with Gasteiger partial charge in [-0.25, -0.2) is 0 Å². The molecule has 0 bridgehead atoms. The van der Waals surface area contributed by atoms with Gasteiger partial charge in [0.15, 0.2) is 0 Å². The van der Waals surface area contributed by atoms with Crippen LogP contribution < -0.4 is 11.1 Å². The monoisotopic (exact) mass is 264 g/mol. The van der Waals surface area contributed by atoms with Crippen LogP contribution in [0.25, 0.3) is 0 Å². The molecule has 1 rings (SSSR count). The third kappa shape index (κ3) is 7.31. The molecule has 4 N–H and O–H groups in total. The Morgan fingerprint density at radius 3 is 2.42 bits per heavy atom. The molecule has 2 atom stereocenters. The van der Waals surface area contributed by atoms with Crippen molar-refractivity contribution < 1.29 is 5.11 Å². The molecular weight excluding hydrogens is 236 g/mol. The maximum absolute atomic E-state index is 10.0. The standard InChI is InChI=1S/C16H28N2O/c1-16(2,3)9-10-18-12-15(19)14(17)11-13-7-5-4-6-8-13/h4-8,14-15,18-19H,9-12,17H2,1-3H3/t14?,15-/m0/s1. The molecule has 0 radical (unpaired) electrons. The lowest BCUT2D eigenvalue weighted by molar-refractivity contribution is 0.140. The largest absolute Gasteiger partial charge is 0.390 e. The van der Waals surface area contributed by atoms with E-state index in [0.29, 0.717) is 18.4 Å². The molecular formula is C16H28N2O. The molecule has 0 saturated heterocycles. The molecule has 0 spiro atoms. The molecule has 0 aliphatic heterocycles. The van der Waals surface area contributed by atoms with Gasteiger partial charge in [0.05, 0.1) is 6.10 Å². The van der Waals surface area contributed by atoms with Crippen molar-refractivity contribution in [2.75, 3.05) is 13.1 Å². The van der Waals surface area contributed by atoms with Gasteiger partial charge in [-0.05, 0) is 30.4 Å². The highest BCUT2D eigenvalue weighted by Crippen LogP contribution is 2.16. The van der Waals surface area contributed by atoms with Crippen molar-refractivity contribution in [1.29, 1.82) is 0 Å². The Labute approximate surface area is 117 Å². The highest BCUT2D eigenvalue weighted by Gasteiger charge is 2.15. The van der Waals surface area contributed by atoms with Crippen LogP contribution in [0.2, 0.25) is 0 Å². The van der Waals surface area contributed by atoms with Gasteiger partial charge in [-0.3, -0.25) is 0 Å². The topological polar surface area (TPSA) is 58.3 Å². The van der Waals surface area contributed by atoms with Gasteiger partial charge in [-0.1, -0.05) is 51.1 Å². The minimum Gasteiger partial charge on any atom is -0.390 e. The van der Waals surface area contributed by atoms with Crippen LogP contribution in [0.4, 0.5) is 0 Å². The van der Waals surface area contributed by atoms with Crippen molar-refractivity contribution in [1.82, 2.24) is 5.32 Å². The van der Waals surface area contributed by atoms with Crippen LogP contribution in [-0.2, 0) is 6.42 Å². The second-order valence-corrected chi connectivity index (χ2v) is 6.44. The van der Waals surface area contributed by atoms with Gasteiger partial charge in [-0.15, -0.1) is 0 Å². The summed E-state index contributed by atoms with van der Waals surface area (Å²) in [4.78, 5) is 0. The second-order valence-electron chi connectivity index (χ2n) is 6.44. The van der Waals surface area contributed by atoms with E-state index in [0.717, 1.165) is 13.0 Å². The summed E-state index contributed by atoms with van der Waals surface area (Å²) < 4.78 is 0. The van der Waals surface area contributed by atoms with E-state index in [1.165, 1.54) is 5.56 Å². The number of hydrogen-bond acceptors (Lipinski definition) is 3. The van der Waals surface area contributed by atoms with E-state index in [-0.39, 0.29) is 6.04 Å². The fourth-order valence-electron chi connectivity index (χ4n) is 1.89. The lowest BCUT2D eigenvalue weighted by Crippen LogP contribution is -2.43. The van der Waals surface area contributed by atoms with Crippen molar-refractivity contribution >= 4 is 0 Å². The summed E-state index contributed by atoms with van der Waals surface area (Å²) in [6, 6.07) is 9.84. The quantitative estimate of drug-likeness (QED) is 0.660. The van der Waals surface area contributed by atoms with Crippen molar-refractivity contribution in [3.8, 4) is 0 Å². The van der Waals surface area contributed by atoms with Crippen molar-refractivity contribution in [2.45, 2.75) is 45.8 Å². The average Bonchev–Trinajstić information content (AvgIpc) is 2.34. The van der Waals surface area contributed by atoms with E-state index in [9.17, 15) is 5.11 Å². The third-order valence-corrected chi connectivity index (χ3v) is 3.21. The Morgan fingerprint density at radius 1 is 1.21 bits per heavy atom. The first-order valence-electron chi connectivity index (χ1n) is 7.07. The summed E-state index contributed by atoms with van der Waals surface area (Å²) in [5.41, 5.74) is 7.52. The molecule has 0 aromatic heterocycles. The molecule has 0 aliphatic rings. The summed E-state index contributed by atoms with van der Waals surface area (Å²) >= 11 is 0. The maximum atomic E-state index is 10.0. The van der Waals surface area contributed by atoms with Gasteiger partial charge in [0, 0.05) is 12.6 Å². The first kappa shape index (κ1) is 16.2. The number of rotatable bonds is 7. The van der Waals surface area contributed by atoms with E-state index < -0.39 is 6.10 Å². The lowest BCUT2D eigenvalue weighted by Gasteiger charge is -2.22. The Morgan fingerprint density at radius 2 is 1.84 bits per heavy atom. The molecule has 0 aliphatic carbocycles. The van der Waals surface area contributed by atoms with Gasteiger partial charge in [0.1, 0.15) is 0 Å². The summed E-state index contributed by atoms with van der Waals surface area (Å²) in [5, 5.41) is 13.3. The van der Waals surface area contributed by atoms with Gasteiger partial charge in [0.2, 0.25) is 0 Å². The van der Waals surface area contributed by atoms with Gasteiger partial charge < -0.3 is 16.2 Å². The summed E-state index contributed by atoms with van der Waals surface area (Å²) in [7, 11) is 0. The molecule has 0 fully saturated rings. The van der Waals surface area contributed by atoms with Crippen LogP contribution in [0.3, 0.4) is 0 Å². The zero-order valence-corrected chi connectivity index (χ0v) is 12.4. The number of aliphatic hydroxyl groups is 1. The number of nitrogens with one attached hydrogen (secondary N) is 1. The highest BCUT2D eigenvalue weighted by molar-refractivity contribution is 5.16. The Kier molecular flexibility index (Phi) is 6.49. The predicted octanol–water partition coefficient (Wildman–Crippen LogP) is 1.94. The minimum absolute atomic E-state index is 0.218. The fraction of sp³-hybridized carbons (Fsp3) is 0.625. The molecule has 19 heavy (non-hydrogen) atoms. The van der Waals surface area contributed by atoms with E-state index in [2.05, 4.69) is 26.1 Å². The smallest absolute Gasteiger partial charge is 0.0818 e. The molecule has 0 saturated carbocycles. The van der Waals surface area contributed by atoms with Crippen LogP contribution in [-0.4, -0.2) is 30.3 Å². The first-order chi connectivity index (χ1) is 8.88. The fourth-order valence-corrected chi connectivity index (χ4v) is 1.89. The molecule has 108 valence electrons. The van der Waals surface area contributed by atoms with Crippen LogP contribution in [0.5, 0.6) is 0 Å². The van der Waals surface area contributed by atoms with Crippen LogP contribution in [0, 0.1) is 5.41 Å². The second kappa shape index (κ2) is 7.63. The lowest BCUT2D eigenvalue weighted by atomic mass is 9.92. The predicted molar refractivity (Wildman–Crippen MR) is 81.1 cm³/mol. The molecule has 3 nitrogen and oxygen atoms in total. The van der Waals surface area contributed by atoms with Gasteiger partial charge >= 0.3 is 0 Å². The van der Waals surface area contributed by atoms with Gasteiger partial charge in [0.25, 0.3) is 0 Å². The Hall–Kier alpha value is -0.900. The van der Waals surface area contributed by atoms with E-state index >= 15 is 0 Å². The number of nitrogens with two attached hydrogens (primary N) is 1. The van der Waals surface area contributed by atoms with Crippen LogP contribution >= 0.6 is 0 Å². The molecule has 1 aromatic carbocycles. The summed E-state index contributed by atoms with van der Waals surface area (Å²) in [5.74, 6) is 0. The SMILES string of the molecule is CC(C)(C)CCNC[C@H](O)C(N)Cc1ccccc1. The summed E-state index contributed by atoms with van der Waals surface area (Å²) in [6.07, 6.45) is 1.30. The zero-order valence-electron chi connectivity index (χ0n) is 12.4. The van der Waals surface area contributed by atoms with Crippen molar-refractivity contribution in [2.24, 2.45) is 11.1 Å². The third-order valence-electron chi connectivity index (χ3n) is 3.21. The van der Waals surface area contributed by atoms with Gasteiger partial charge in [-0.2, -0.15) is 0 Å². The Bertz CT molecular complexity index is 346. The van der Waals surface area contributed by atoms with Crippen molar-refractivity contribution in [3.63, 3.8) is 0 Å². The molecule has 0 amide bonds. The van der Waals surface area contributed by atoms with E-state index in [4.69, 9.17) is 5.73 Å². The van der Waals surface area contributed by atoms with Crippen LogP contribution in [0.1, 0.15) is 32.8 Å².